The molecule has 2 aromatic carbocycles. The lowest BCUT2D eigenvalue weighted by Crippen LogP contribution is -2.16. The number of carbonyl (C=O) groups is 1. The summed E-state index contributed by atoms with van der Waals surface area (Å²) < 4.78 is 12.8. The molecule has 1 aliphatic heterocycles. The van der Waals surface area contributed by atoms with E-state index < -0.39 is 0 Å². The second-order valence-corrected chi connectivity index (χ2v) is 6.91. The van der Waals surface area contributed by atoms with Crippen molar-refractivity contribution >= 4 is 29.1 Å². The quantitative estimate of drug-likeness (QED) is 0.491. The van der Waals surface area contributed by atoms with Crippen molar-refractivity contribution in [3.05, 3.63) is 59.4 Å². The molecule has 0 atom stereocenters. The van der Waals surface area contributed by atoms with Crippen molar-refractivity contribution < 1.29 is 14.3 Å². The Morgan fingerprint density at radius 1 is 1.15 bits per heavy atom. The fourth-order valence-electron chi connectivity index (χ4n) is 2.56. The van der Waals surface area contributed by atoms with Crippen molar-refractivity contribution in [3.8, 4) is 17.2 Å². The normalized spacial score (nSPS) is 12.8. The van der Waals surface area contributed by atoms with E-state index in [1.54, 1.807) is 35.2 Å². The maximum absolute atomic E-state index is 12.5. The Balaban J connectivity index is 1.48. The van der Waals surface area contributed by atoms with Crippen LogP contribution in [0.2, 0.25) is 5.02 Å². The van der Waals surface area contributed by atoms with Crippen molar-refractivity contribution in [3.63, 3.8) is 0 Å². The molecule has 2 heterocycles. The Labute approximate surface area is 159 Å². The van der Waals surface area contributed by atoms with Crippen LogP contribution in [0.15, 0.2) is 53.9 Å². The van der Waals surface area contributed by atoms with E-state index in [9.17, 15) is 4.79 Å². The van der Waals surface area contributed by atoms with Gasteiger partial charge in [0.2, 0.25) is 0 Å². The number of nitrogens with zero attached hydrogens (tertiary/aromatic N) is 3. The number of halogens is 1. The molecule has 6 nitrogen and oxygen atoms in total. The lowest BCUT2D eigenvalue weighted by molar-refractivity contribution is 0.102. The molecule has 4 rings (SSSR count). The van der Waals surface area contributed by atoms with Gasteiger partial charge in [0.25, 0.3) is 0 Å². The zero-order valence-electron chi connectivity index (χ0n) is 13.6. The fraction of sp³-hybridized carbons (Fsp3) is 0.167. The molecule has 0 unspecified atom stereocenters. The standard InChI is InChI=1S/C18H14ClN3O3S/c19-13-2-1-3-14(9-13)22-11-20-21-18(22)26-10-15(23)12-4-5-16-17(8-12)25-7-6-24-16/h1-5,8-9,11H,6-7,10H2. The van der Waals surface area contributed by atoms with Crippen LogP contribution in [0, 0.1) is 0 Å². The van der Waals surface area contributed by atoms with E-state index in [2.05, 4.69) is 10.2 Å². The van der Waals surface area contributed by atoms with Crippen molar-refractivity contribution in [1.82, 2.24) is 14.8 Å². The lowest BCUT2D eigenvalue weighted by atomic mass is 10.1. The molecule has 8 heteroatoms. The van der Waals surface area contributed by atoms with Gasteiger partial charge in [-0.25, -0.2) is 0 Å². The molecule has 1 aromatic heterocycles. The van der Waals surface area contributed by atoms with E-state index in [1.807, 2.05) is 18.2 Å². The zero-order valence-corrected chi connectivity index (χ0v) is 15.2. The number of ether oxygens (including phenoxy) is 2. The van der Waals surface area contributed by atoms with Gasteiger partial charge in [0.15, 0.2) is 22.4 Å². The summed E-state index contributed by atoms with van der Waals surface area (Å²) in [6.07, 6.45) is 1.60. The number of carbonyl (C=O) groups excluding carboxylic acids is 1. The first-order valence-electron chi connectivity index (χ1n) is 7.92. The van der Waals surface area contributed by atoms with E-state index in [-0.39, 0.29) is 11.5 Å². The van der Waals surface area contributed by atoms with E-state index in [0.29, 0.717) is 40.5 Å². The largest absolute Gasteiger partial charge is 0.486 e. The van der Waals surface area contributed by atoms with Gasteiger partial charge in [-0.1, -0.05) is 29.4 Å². The minimum absolute atomic E-state index is 0.0207. The minimum Gasteiger partial charge on any atom is -0.486 e. The van der Waals surface area contributed by atoms with Gasteiger partial charge in [-0.3, -0.25) is 9.36 Å². The average Bonchev–Trinajstić information content (AvgIpc) is 3.14. The Bertz CT molecular complexity index is 960. The van der Waals surface area contributed by atoms with Crippen LogP contribution in [0.1, 0.15) is 10.4 Å². The smallest absolute Gasteiger partial charge is 0.196 e. The van der Waals surface area contributed by atoms with Crippen LogP contribution in [0.5, 0.6) is 11.5 Å². The Morgan fingerprint density at radius 2 is 2.00 bits per heavy atom. The van der Waals surface area contributed by atoms with Crippen LogP contribution in [0.3, 0.4) is 0 Å². The Kier molecular flexibility index (Phi) is 4.81. The summed E-state index contributed by atoms with van der Waals surface area (Å²) in [5, 5.41) is 9.28. The third-order valence-electron chi connectivity index (χ3n) is 3.80. The maximum Gasteiger partial charge on any atom is 0.196 e. The average molecular weight is 388 g/mol. The van der Waals surface area contributed by atoms with Gasteiger partial charge in [-0.15, -0.1) is 10.2 Å². The summed E-state index contributed by atoms with van der Waals surface area (Å²) in [6.45, 7) is 1.01. The fourth-order valence-corrected chi connectivity index (χ4v) is 3.56. The van der Waals surface area contributed by atoms with Gasteiger partial charge in [0.05, 0.1) is 11.4 Å². The molecule has 3 aromatic rings. The monoisotopic (exact) mass is 387 g/mol. The number of ketones is 1. The zero-order chi connectivity index (χ0) is 17.9. The van der Waals surface area contributed by atoms with Crippen LogP contribution >= 0.6 is 23.4 Å². The molecule has 0 spiro atoms. The summed E-state index contributed by atoms with van der Waals surface area (Å²) in [4.78, 5) is 12.5. The van der Waals surface area contributed by atoms with Crippen LogP contribution in [0.4, 0.5) is 0 Å². The number of aromatic nitrogens is 3. The summed E-state index contributed by atoms with van der Waals surface area (Å²) in [5.74, 6) is 1.49. The third kappa shape index (κ3) is 3.54. The van der Waals surface area contributed by atoms with E-state index in [4.69, 9.17) is 21.1 Å². The summed E-state index contributed by atoms with van der Waals surface area (Å²) in [6, 6.07) is 12.6. The Hall–Kier alpha value is -2.51. The van der Waals surface area contributed by atoms with Gasteiger partial charge in [0.1, 0.15) is 19.5 Å². The molecule has 0 saturated heterocycles. The highest BCUT2D eigenvalue weighted by molar-refractivity contribution is 7.99. The van der Waals surface area contributed by atoms with Crippen molar-refractivity contribution in [1.29, 1.82) is 0 Å². The molecule has 0 radical (unpaired) electrons. The number of Topliss-reactive ketones (excluding diaryl/α,β-unsaturated/α-hetero) is 1. The maximum atomic E-state index is 12.5. The van der Waals surface area contributed by atoms with Crippen LogP contribution in [-0.2, 0) is 0 Å². The van der Waals surface area contributed by atoms with Gasteiger partial charge in [0, 0.05) is 10.6 Å². The molecular formula is C18H14ClN3O3S. The SMILES string of the molecule is O=C(CSc1nncn1-c1cccc(Cl)c1)c1ccc2c(c1)OCCO2. The number of thioether (sulfide) groups is 1. The number of hydrogen-bond acceptors (Lipinski definition) is 6. The molecule has 132 valence electrons. The summed E-state index contributed by atoms with van der Waals surface area (Å²) in [5.41, 5.74) is 1.42. The second kappa shape index (κ2) is 7.39. The topological polar surface area (TPSA) is 66.2 Å². The molecule has 1 aliphatic rings. The summed E-state index contributed by atoms with van der Waals surface area (Å²) in [7, 11) is 0. The first-order chi connectivity index (χ1) is 12.7. The molecule has 0 fully saturated rings. The van der Waals surface area contributed by atoms with E-state index in [1.165, 1.54) is 11.8 Å². The molecular weight excluding hydrogens is 374 g/mol. The highest BCUT2D eigenvalue weighted by Crippen LogP contribution is 2.31. The predicted molar refractivity (Wildman–Crippen MR) is 98.9 cm³/mol. The molecule has 0 N–H and O–H groups in total. The molecule has 0 amide bonds. The van der Waals surface area contributed by atoms with Gasteiger partial charge < -0.3 is 9.47 Å². The minimum atomic E-state index is -0.0207. The van der Waals surface area contributed by atoms with Crippen LogP contribution in [-0.4, -0.2) is 39.5 Å². The highest BCUT2D eigenvalue weighted by atomic mass is 35.5. The number of fused-ring (bicyclic) bond motifs is 1. The first-order valence-corrected chi connectivity index (χ1v) is 9.29. The van der Waals surface area contributed by atoms with Crippen molar-refractivity contribution in [2.45, 2.75) is 5.16 Å². The molecule has 26 heavy (non-hydrogen) atoms. The predicted octanol–water partition coefficient (Wildman–Crippen LogP) is 3.67. The van der Waals surface area contributed by atoms with Gasteiger partial charge in [-0.05, 0) is 36.4 Å². The lowest BCUT2D eigenvalue weighted by Gasteiger charge is -2.18. The van der Waals surface area contributed by atoms with Gasteiger partial charge in [-0.2, -0.15) is 0 Å². The Morgan fingerprint density at radius 3 is 2.85 bits per heavy atom. The van der Waals surface area contributed by atoms with Crippen molar-refractivity contribution in [2.24, 2.45) is 0 Å². The second-order valence-electron chi connectivity index (χ2n) is 5.53. The molecule has 0 aliphatic carbocycles. The third-order valence-corrected chi connectivity index (χ3v) is 4.98. The first kappa shape index (κ1) is 16.9. The van der Waals surface area contributed by atoms with E-state index in [0.717, 1.165) is 5.69 Å². The highest BCUT2D eigenvalue weighted by Gasteiger charge is 2.16. The van der Waals surface area contributed by atoms with Crippen LogP contribution in [0.25, 0.3) is 5.69 Å². The number of benzene rings is 2. The number of rotatable bonds is 5. The molecule has 0 bridgehead atoms. The van der Waals surface area contributed by atoms with Crippen molar-refractivity contribution in [2.75, 3.05) is 19.0 Å². The summed E-state index contributed by atoms with van der Waals surface area (Å²) >= 11 is 7.36. The van der Waals surface area contributed by atoms with Gasteiger partial charge >= 0.3 is 0 Å². The number of hydrogen-bond donors (Lipinski definition) is 0. The van der Waals surface area contributed by atoms with E-state index >= 15 is 0 Å². The molecule has 0 saturated carbocycles. The van der Waals surface area contributed by atoms with Crippen LogP contribution < -0.4 is 9.47 Å².